The minimum absolute atomic E-state index is 0.178. The Morgan fingerprint density at radius 1 is 0.610 bits per heavy atom. The van der Waals surface area contributed by atoms with E-state index in [4.69, 9.17) is 11.5 Å². The number of hydrogen-bond acceptors (Lipinski definition) is 6. The number of rotatable bonds is 4. The number of hydrogen-bond donors (Lipinski definition) is 5. The van der Waals surface area contributed by atoms with Gasteiger partial charge in [0.1, 0.15) is 5.52 Å². The predicted octanol–water partition coefficient (Wildman–Crippen LogP) is 4.29. The Kier molecular flexibility index (Phi) is 5.70. The van der Waals surface area contributed by atoms with Crippen LogP contribution in [0, 0.1) is 0 Å². The molecule has 11 heteroatoms. The van der Waals surface area contributed by atoms with Gasteiger partial charge in [-0.3, -0.25) is 14.7 Å². The van der Waals surface area contributed by atoms with E-state index in [9.17, 15) is 29.4 Å². The molecular formula is C30H19N5O6. The Labute approximate surface area is 229 Å². The standard InChI is InChI=1S/C24H14N2O6.C6H5N3/c25-21(27)18-16-12-6-2-4-9-3-1-5-10(14(9)12)11-7-8-13(23(29)30)17(15(11)16)20(24(31)32)19(18)22(26)28;1-2-4-6-5(3-1)7-9-8-6/h1-8H,(H2,25,27)(H2,26,28)(H,29,30)(H,31,32);1-4H,(H,7,8,9). The van der Waals surface area contributed by atoms with Crippen molar-refractivity contribution in [3.05, 3.63) is 95.1 Å². The summed E-state index contributed by atoms with van der Waals surface area (Å²) in [5.74, 6) is -5.21. The van der Waals surface area contributed by atoms with Gasteiger partial charge in [0.25, 0.3) is 0 Å². The zero-order valence-electron chi connectivity index (χ0n) is 21.0. The van der Waals surface area contributed by atoms with Gasteiger partial charge in [-0.2, -0.15) is 0 Å². The van der Waals surface area contributed by atoms with Gasteiger partial charge >= 0.3 is 11.9 Å². The number of carboxylic acids is 2. The maximum absolute atomic E-state index is 12.6. The third-order valence-electron chi connectivity index (χ3n) is 7.09. The van der Waals surface area contributed by atoms with Crippen LogP contribution in [0.4, 0.5) is 0 Å². The Hall–Kier alpha value is -6.10. The van der Waals surface area contributed by atoms with Gasteiger partial charge in [0.15, 0.2) is 0 Å². The van der Waals surface area contributed by atoms with E-state index in [2.05, 4.69) is 15.4 Å². The zero-order chi connectivity index (χ0) is 29.0. The predicted molar refractivity (Wildman–Crippen MR) is 152 cm³/mol. The quantitative estimate of drug-likeness (QED) is 0.159. The van der Waals surface area contributed by atoms with Crippen LogP contribution < -0.4 is 11.5 Å². The highest BCUT2D eigenvalue weighted by Crippen LogP contribution is 2.45. The topological polar surface area (TPSA) is 202 Å². The molecule has 0 saturated carbocycles. The maximum atomic E-state index is 12.6. The van der Waals surface area contributed by atoms with Crippen LogP contribution in [0.3, 0.4) is 0 Å². The number of fused-ring (bicyclic) bond motifs is 3. The van der Waals surface area contributed by atoms with Crippen molar-refractivity contribution in [1.82, 2.24) is 15.4 Å². The molecule has 0 saturated heterocycles. The smallest absolute Gasteiger partial charge is 0.337 e. The van der Waals surface area contributed by atoms with Crippen molar-refractivity contribution in [1.29, 1.82) is 0 Å². The number of aromatic nitrogens is 3. The molecule has 0 fully saturated rings. The molecule has 7 N–H and O–H groups in total. The Morgan fingerprint density at radius 2 is 1.27 bits per heavy atom. The molecular weight excluding hydrogens is 526 g/mol. The summed E-state index contributed by atoms with van der Waals surface area (Å²) in [5.41, 5.74) is 11.1. The van der Waals surface area contributed by atoms with E-state index in [0.717, 1.165) is 27.2 Å². The number of carboxylic acid groups (broad SMARTS) is 2. The van der Waals surface area contributed by atoms with Crippen LogP contribution in [0.2, 0.25) is 0 Å². The second-order valence-corrected chi connectivity index (χ2v) is 9.29. The van der Waals surface area contributed by atoms with Crippen molar-refractivity contribution in [2.75, 3.05) is 0 Å². The number of nitrogens with two attached hydrogens (primary N) is 2. The van der Waals surface area contributed by atoms with Gasteiger partial charge in [-0.15, -0.1) is 5.10 Å². The molecule has 7 aromatic rings. The molecule has 11 nitrogen and oxygen atoms in total. The number of nitrogens with zero attached hydrogens (tertiary/aromatic N) is 2. The average molecular weight is 546 g/mol. The molecule has 0 atom stereocenters. The number of para-hydroxylation sites is 1. The monoisotopic (exact) mass is 545 g/mol. The number of nitrogens with one attached hydrogen (secondary N) is 1. The highest BCUT2D eigenvalue weighted by atomic mass is 16.4. The second kappa shape index (κ2) is 9.27. The van der Waals surface area contributed by atoms with Crippen molar-refractivity contribution < 1.29 is 29.4 Å². The first-order valence-corrected chi connectivity index (χ1v) is 12.2. The molecule has 7 rings (SSSR count). The number of carbonyl (C=O) groups is 4. The largest absolute Gasteiger partial charge is 0.478 e. The summed E-state index contributed by atoms with van der Waals surface area (Å²) in [4.78, 5) is 49.4. The summed E-state index contributed by atoms with van der Waals surface area (Å²) in [6.45, 7) is 0. The van der Waals surface area contributed by atoms with Gasteiger partial charge < -0.3 is 21.7 Å². The van der Waals surface area contributed by atoms with Crippen LogP contribution in [0.1, 0.15) is 41.4 Å². The number of aromatic carboxylic acids is 2. The van der Waals surface area contributed by atoms with Crippen LogP contribution in [0.15, 0.2) is 72.8 Å². The molecule has 41 heavy (non-hydrogen) atoms. The van der Waals surface area contributed by atoms with Crippen LogP contribution in [-0.4, -0.2) is 49.4 Å². The Bertz CT molecular complexity index is 2200. The van der Waals surface area contributed by atoms with Gasteiger partial charge in [0, 0.05) is 10.8 Å². The molecule has 0 aliphatic carbocycles. The van der Waals surface area contributed by atoms with Gasteiger partial charge in [-0.05, 0) is 50.5 Å². The molecule has 2 amide bonds. The summed E-state index contributed by atoms with van der Waals surface area (Å²) in [5, 5.41) is 33.7. The fourth-order valence-electron chi connectivity index (χ4n) is 5.56. The molecule has 0 spiro atoms. The Morgan fingerprint density at radius 3 is 1.90 bits per heavy atom. The van der Waals surface area contributed by atoms with Crippen molar-refractivity contribution in [2.24, 2.45) is 11.5 Å². The molecule has 0 aliphatic rings. The van der Waals surface area contributed by atoms with E-state index in [1.165, 1.54) is 6.07 Å². The third kappa shape index (κ3) is 3.75. The van der Waals surface area contributed by atoms with Gasteiger partial charge in [0.05, 0.1) is 27.8 Å². The lowest BCUT2D eigenvalue weighted by atomic mass is 9.81. The molecule has 1 aromatic heterocycles. The fraction of sp³-hybridized carbons (Fsp3) is 0. The summed E-state index contributed by atoms with van der Waals surface area (Å²) in [6, 6.07) is 21.5. The van der Waals surface area contributed by atoms with Crippen LogP contribution in [0.5, 0.6) is 0 Å². The van der Waals surface area contributed by atoms with E-state index in [1.54, 1.807) is 18.2 Å². The first kappa shape index (κ1) is 25.2. The number of carbonyl (C=O) groups excluding carboxylic acids is 2. The minimum atomic E-state index is -1.59. The first-order chi connectivity index (χ1) is 19.7. The molecule has 1 heterocycles. The van der Waals surface area contributed by atoms with E-state index < -0.39 is 34.9 Å². The average Bonchev–Trinajstić information content (AvgIpc) is 3.43. The summed E-state index contributed by atoms with van der Waals surface area (Å²) in [6.07, 6.45) is 0. The maximum Gasteiger partial charge on any atom is 0.337 e. The van der Waals surface area contributed by atoms with Gasteiger partial charge in [0.2, 0.25) is 11.8 Å². The zero-order valence-corrected chi connectivity index (χ0v) is 21.0. The van der Waals surface area contributed by atoms with Crippen molar-refractivity contribution in [3.63, 3.8) is 0 Å². The molecule has 6 aromatic carbocycles. The molecule has 0 aliphatic heterocycles. The Balaban J connectivity index is 0.000000283. The molecule has 0 radical (unpaired) electrons. The van der Waals surface area contributed by atoms with Crippen LogP contribution in [-0.2, 0) is 0 Å². The second-order valence-electron chi connectivity index (χ2n) is 9.29. The molecule has 0 unspecified atom stereocenters. The lowest BCUT2D eigenvalue weighted by molar-refractivity contribution is 0.0693. The van der Waals surface area contributed by atoms with Crippen LogP contribution in [0.25, 0.3) is 54.1 Å². The fourth-order valence-corrected chi connectivity index (χ4v) is 5.56. The van der Waals surface area contributed by atoms with Gasteiger partial charge in [-0.25, -0.2) is 9.59 Å². The van der Waals surface area contributed by atoms with E-state index in [1.807, 2.05) is 48.5 Å². The third-order valence-corrected chi connectivity index (χ3v) is 7.09. The lowest BCUT2D eigenvalue weighted by Crippen LogP contribution is -2.25. The van der Waals surface area contributed by atoms with Crippen LogP contribution >= 0.6 is 0 Å². The van der Waals surface area contributed by atoms with Crippen molar-refractivity contribution in [3.8, 4) is 0 Å². The highest BCUT2D eigenvalue weighted by Gasteiger charge is 2.32. The van der Waals surface area contributed by atoms with Gasteiger partial charge in [-0.1, -0.05) is 59.8 Å². The highest BCUT2D eigenvalue weighted by molar-refractivity contribution is 6.40. The molecule has 200 valence electrons. The summed E-state index contributed by atoms with van der Waals surface area (Å²) < 4.78 is 0. The number of aromatic amines is 1. The number of benzene rings is 6. The first-order valence-electron chi connectivity index (χ1n) is 12.2. The number of H-pyrrole nitrogens is 1. The van der Waals surface area contributed by atoms with Crippen molar-refractivity contribution >= 4 is 77.9 Å². The van der Waals surface area contributed by atoms with Crippen molar-refractivity contribution in [2.45, 2.75) is 0 Å². The summed E-state index contributed by atoms with van der Waals surface area (Å²) >= 11 is 0. The normalized spacial score (nSPS) is 11.2. The summed E-state index contributed by atoms with van der Waals surface area (Å²) in [7, 11) is 0. The lowest BCUT2D eigenvalue weighted by Gasteiger charge is -2.21. The number of primary amides is 2. The molecule has 0 bridgehead atoms. The van der Waals surface area contributed by atoms with E-state index in [-0.39, 0.29) is 27.3 Å². The number of amides is 2. The minimum Gasteiger partial charge on any atom is -0.478 e. The van der Waals surface area contributed by atoms with E-state index >= 15 is 0 Å². The van der Waals surface area contributed by atoms with E-state index in [0.29, 0.717) is 10.8 Å². The SMILES string of the molecule is NC(=O)c1c(C(=O)O)c2c(C(=O)O)ccc3c4cccc5cccc(c(c1C(N)=O)c23)c54.c1ccc2[nH]nnc2c1.